The van der Waals surface area contributed by atoms with E-state index in [1.165, 1.54) is 0 Å². The van der Waals surface area contributed by atoms with Crippen LogP contribution in [-0.4, -0.2) is 69.3 Å². The Morgan fingerprint density at radius 2 is 1.12 bits per heavy atom. The van der Waals surface area contributed by atoms with Crippen LogP contribution in [0.5, 0.6) is 0 Å². The molecular formula is H7O4PbSSbZn. The molecule has 0 aromatic carbocycles. The van der Waals surface area contributed by atoms with Crippen LogP contribution in [0, 0.1) is 0 Å². The molecule has 0 heterocycles. The van der Waals surface area contributed by atoms with Gasteiger partial charge in [-0.05, 0) is 0 Å². The quantitative estimate of drug-likeness (QED) is 0.281. The molecule has 8 heavy (non-hydrogen) atoms. The van der Waals surface area contributed by atoms with E-state index in [1.54, 1.807) is 0 Å². The molecule has 0 spiro atoms. The Morgan fingerprint density at radius 1 is 1.12 bits per heavy atom. The fourth-order valence-corrected chi connectivity index (χ4v) is 0. The summed E-state index contributed by atoms with van der Waals surface area (Å²) < 4.78 is 31.6. The number of hydrogen-bond donors (Lipinski definition) is 2. The second kappa shape index (κ2) is 9.23. The molecule has 8 heteroatoms. The van der Waals surface area contributed by atoms with E-state index < -0.39 is 10.4 Å². The number of hydrogen-bond acceptors (Lipinski definition) is 2. The van der Waals surface area contributed by atoms with Crippen molar-refractivity contribution in [2.75, 3.05) is 0 Å². The maximum absolute atomic E-state index is 8.74. The molecule has 0 amide bonds. The van der Waals surface area contributed by atoms with Gasteiger partial charge in [-0.3, -0.25) is 9.11 Å². The van der Waals surface area contributed by atoms with Crippen molar-refractivity contribution in [3.63, 3.8) is 0 Å². The predicted octanol–water partition coefficient (Wildman–Crippen LogP) is -2.76. The summed E-state index contributed by atoms with van der Waals surface area (Å²) in [7, 11) is -4.67. The fraction of sp³-hybridized carbons (Fsp3) is 0. The van der Waals surface area contributed by atoms with E-state index >= 15 is 0 Å². The summed E-state index contributed by atoms with van der Waals surface area (Å²) in [5, 5.41) is 0. The van der Waals surface area contributed by atoms with Gasteiger partial charge in [-0.2, -0.15) is 8.42 Å². The van der Waals surface area contributed by atoms with Gasteiger partial charge in [0.25, 0.3) is 0 Å². The second-order valence-corrected chi connectivity index (χ2v) is 1.34. The van der Waals surface area contributed by atoms with Gasteiger partial charge in [-0.15, -0.1) is 0 Å². The molecule has 0 atom stereocenters. The van der Waals surface area contributed by atoms with Crippen molar-refractivity contribution in [3.8, 4) is 0 Å². The minimum absolute atomic E-state index is 0. The van der Waals surface area contributed by atoms with E-state index in [4.69, 9.17) is 17.5 Å². The summed E-state index contributed by atoms with van der Waals surface area (Å²) in [6.07, 6.45) is 0. The summed E-state index contributed by atoms with van der Waals surface area (Å²) in [6.45, 7) is 0. The Hall–Kier alpha value is 2.23. The maximum Gasteiger partial charge on any atom is 0 e. The van der Waals surface area contributed by atoms with Crippen molar-refractivity contribution in [1.29, 1.82) is 0 Å². The van der Waals surface area contributed by atoms with Crippen LogP contribution in [-0.2, 0) is 29.9 Å². The monoisotopic (exact) mass is 496 g/mol. The largest absolute Gasteiger partial charge is 0 e. The van der Waals surface area contributed by atoms with E-state index in [9.17, 15) is 0 Å². The zero-order chi connectivity index (χ0) is 4.50. The molecule has 0 fully saturated rings. The van der Waals surface area contributed by atoms with Crippen LogP contribution < -0.4 is 0 Å². The molecule has 0 aliphatic carbocycles. The first-order valence-corrected chi connectivity index (χ1v) is 2.10. The van der Waals surface area contributed by atoms with Crippen molar-refractivity contribution in [2.24, 2.45) is 0 Å². The Balaban J connectivity index is -0.0000000267. The van der Waals surface area contributed by atoms with Gasteiger partial charge in [-0.25, -0.2) is 0 Å². The van der Waals surface area contributed by atoms with Crippen LogP contribution in [0.3, 0.4) is 0 Å². The molecule has 0 rings (SSSR count). The number of rotatable bonds is 0. The molecule has 4 nitrogen and oxygen atoms in total. The van der Waals surface area contributed by atoms with Crippen molar-refractivity contribution in [1.82, 2.24) is 0 Å². The average Bonchev–Trinajstić information content (AvgIpc) is 0.722. The van der Waals surface area contributed by atoms with E-state index in [2.05, 4.69) is 0 Å². The predicted molar refractivity (Wildman–Crippen MR) is 32.7 cm³/mol. The zero-order valence-corrected chi connectivity index (χ0v) is 17.6. The summed E-state index contributed by atoms with van der Waals surface area (Å²) in [5.74, 6) is 0. The fourth-order valence-electron chi connectivity index (χ4n) is 0. The summed E-state index contributed by atoms with van der Waals surface area (Å²) in [6, 6.07) is 0. The Labute approximate surface area is 97.7 Å². The van der Waals surface area contributed by atoms with Gasteiger partial charge >= 0.3 is 62.1 Å². The molecule has 0 unspecified atom stereocenters. The van der Waals surface area contributed by atoms with Crippen LogP contribution in [0.2, 0.25) is 0 Å². The van der Waals surface area contributed by atoms with Gasteiger partial charge in [0.15, 0.2) is 0 Å². The van der Waals surface area contributed by atoms with E-state index in [0.29, 0.717) is 0 Å². The van der Waals surface area contributed by atoms with Gasteiger partial charge in [0.05, 0.1) is 0 Å². The third kappa shape index (κ3) is 86.4. The van der Waals surface area contributed by atoms with E-state index in [1.807, 2.05) is 0 Å². The van der Waals surface area contributed by atoms with Gasteiger partial charge in [0, 0.05) is 19.5 Å². The second-order valence-electron chi connectivity index (χ2n) is 0.448. The maximum atomic E-state index is 8.74. The summed E-state index contributed by atoms with van der Waals surface area (Å²) in [4.78, 5) is 0. The third-order valence-corrected chi connectivity index (χ3v) is 0. The molecule has 0 aromatic heterocycles. The standard InChI is InChI=1S/H2O4S.Pb.Sb.Zn.5H/c1-5(2,3)4;;;;;;;;/h(H2,1,2,3,4);;;;;;;;. The topological polar surface area (TPSA) is 74.6 Å². The minimum Gasteiger partial charge on any atom is 0 e. The molecule has 0 aromatic rings. The first-order valence-electron chi connectivity index (χ1n) is 0.698. The van der Waals surface area contributed by atoms with Gasteiger partial charge < -0.3 is 0 Å². The Bertz CT molecular complexity index is 99.2. The summed E-state index contributed by atoms with van der Waals surface area (Å²) >= 11 is 0. The molecule has 0 bridgehead atoms. The average molecular weight is 497 g/mol. The minimum atomic E-state index is -4.67. The van der Waals surface area contributed by atoms with Crippen LogP contribution >= 0.6 is 0 Å². The smallest absolute Gasteiger partial charge is 0 e. The molecule has 0 saturated heterocycles. The molecule has 0 aliphatic rings. The van der Waals surface area contributed by atoms with Crippen LogP contribution in [0.25, 0.3) is 0 Å². The van der Waals surface area contributed by atoms with Gasteiger partial charge in [0.1, 0.15) is 0 Å². The molecule has 2 N–H and O–H groups in total. The van der Waals surface area contributed by atoms with Crippen LogP contribution in [0.1, 0.15) is 0 Å². The molecule has 0 aliphatic heterocycles. The van der Waals surface area contributed by atoms with Crippen molar-refractivity contribution >= 4 is 62.1 Å². The molecule has 0 saturated carbocycles. The van der Waals surface area contributed by atoms with Gasteiger partial charge in [-0.1, -0.05) is 0 Å². The molecule has 48 valence electrons. The Morgan fingerprint density at radius 3 is 1.12 bits per heavy atom. The first kappa shape index (κ1) is 22.5. The third-order valence-electron chi connectivity index (χ3n) is 0. The van der Waals surface area contributed by atoms with Crippen molar-refractivity contribution in [3.05, 3.63) is 0 Å². The SMILES string of the molecule is O=S(=O)(O)O.[PbH2].[SbH3].[Zn]. The molecule has 2 radical (unpaired) electrons. The molecular weight excluding hydrogens is 490 g/mol. The van der Waals surface area contributed by atoms with Crippen molar-refractivity contribution < 1.29 is 37.0 Å². The van der Waals surface area contributed by atoms with Gasteiger partial charge in [0.2, 0.25) is 0 Å². The first-order chi connectivity index (χ1) is 2.00. The van der Waals surface area contributed by atoms with Crippen LogP contribution in [0.4, 0.5) is 0 Å². The summed E-state index contributed by atoms with van der Waals surface area (Å²) in [5.41, 5.74) is 0. The Kier molecular flexibility index (Phi) is 25.9. The zero-order valence-electron chi connectivity index (χ0n) is 4.24. The van der Waals surface area contributed by atoms with Crippen molar-refractivity contribution in [2.45, 2.75) is 0 Å². The van der Waals surface area contributed by atoms with E-state index in [0.717, 1.165) is 0 Å². The van der Waals surface area contributed by atoms with E-state index in [-0.39, 0.29) is 71.2 Å². The normalized spacial score (nSPS) is 7.25. The van der Waals surface area contributed by atoms with Crippen LogP contribution in [0.15, 0.2) is 0 Å².